The number of amides is 1. The van der Waals surface area contributed by atoms with Gasteiger partial charge in [0.05, 0.1) is 10.6 Å². The van der Waals surface area contributed by atoms with Gasteiger partial charge < -0.3 is 9.80 Å². The molecule has 0 aliphatic carbocycles. The van der Waals surface area contributed by atoms with Crippen molar-refractivity contribution in [3.8, 4) is 0 Å². The summed E-state index contributed by atoms with van der Waals surface area (Å²) in [4.78, 5) is 17.4. The van der Waals surface area contributed by atoms with Crippen molar-refractivity contribution in [1.29, 1.82) is 0 Å². The largest absolute Gasteiger partial charge is 0.368 e. The van der Waals surface area contributed by atoms with Gasteiger partial charge in [0.1, 0.15) is 0 Å². The summed E-state index contributed by atoms with van der Waals surface area (Å²) in [6.07, 6.45) is 0. The highest BCUT2D eigenvalue weighted by Crippen LogP contribution is 2.26. The van der Waals surface area contributed by atoms with E-state index in [9.17, 15) is 13.2 Å². The molecule has 0 atom stereocenters. The minimum absolute atomic E-state index is 0.0574. The average Bonchev–Trinajstić information content (AvgIpc) is 2.85. The Morgan fingerprint density at radius 3 is 2.12 bits per heavy atom. The van der Waals surface area contributed by atoms with E-state index in [-0.39, 0.29) is 10.8 Å². The van der Waals surface area contributed by atoms with Crippen molar-refractivity contribution in [2.24, 2.45) is 0 Å². The Balaban J connectivity index is 1.42. The third-order valence-corrected chi connectivity index (χ3v) is 8.27. The molecule has 178 valence electrons. The van der Waals surface area contributed by atoms with E-state index < -0.39 is 10.0 Å². The number of aryl methyl sites for hydroxylation is 2. The highest BCUT2D eigenvalue weighted by atomic mass is 35.5. The van der Waals surface area contributed by atoms with Crippen LogP contribution in [0, 0.1) is 13.8 Å². The molecule has 34 heavy (non-hydrogen) atoms. The molecule has 4 rings (SSSR count). The zero-order chi connectivity index (χ0) is 24.5. The summed E-state index contributed by atoms with van der Waals surface area (Å²) in [7, 11) is -2.16. The van der Waals surface area contributed by atoms with E-state index in [1.165, 1.54) is 11.4 Å². The van der Waals surface area contributed by atoms with Crippen molar-refractivity contribution >= 4 is 38.9 Å². The molecule has 1 fully saturated rings. The molecule has 6 nitrogen and oxygen atoms in total. The summed E-state index contributed by atoms with van der Waals surface area (Å²) in [5.41, 5.74) is 4.29. The molecular formula is C26H28ClN3O3S. The molecule has 0 radical (unpaired) electrons. The van der Waals surface area contributed by atoms with Crippen LogP contribution in [-0.4, -0.2) is 52.5 Å². The fourth-order valence-electron chi connectivity index (χ4n) is 4.08. The van der Waals surface area contributed by atoms with Crippen LogP contribution < -0.4 is 9.21 Å². The van der Waals surface area contributed by atoms with Crippen molar-refractivity contribution in [1.82, 2.24) is 4.90 Å². The number of benzene rings is 3. The molecule has 0 saturated carbocycles. The molecule has 0 spiro atoms. The Kier molecular flexibility index (Phi) is 6.86. The first-order valence-corrected chi connectivity index (χ1v) is 12.9. The number of piperazine rings is 1. The summed E-state index contributed by atoms with van der Waals surface area (Å²) in [6.45, 7) is 6.63. The molecule has 0 aromatic heterocycles. The number of rotatable bonds is 5. The van der Waals surface area contributed by atoms with E-state index in [1.807, 2.05) is 30.0 Å². The number of sulfonamides is 1. The molecule has 3 aromatic carbocycles. The number of hydrogen-bond acceptors (Lipinski definition) is 4. The van der Waals surface area contributed by atoms with E-state index in [0.29, 0.717) is 29.4 Å². The van der Waals surface area contributed by atoms with E-state index in [4.69, 9.17) is 11.6 Å². The number of anilines is 2. The standard InChI is InChI=1S/C26H28ClN3O3S/c1-19-4-12-24(13-5-19)34(32,33)28(3)23-10-7-21(8-11-23)26(31)30-16-14-29(15-17-30)25-18-22(27)9-6-20(25)2/h4-13,18H,14-17H2,1-3H3. The highest BCUT2D eigenvalue weighted by Gasteiger charge is 2.25. The topological polar surface area (TPSA) is 60.9 Å². The maximum Gasteiger partial charge on any atom is 0.264 e. The molecule has 0 bridgehead atoms. The van der Waals surface area contributed by atoms with Gasteiger partial charge >= 0.3 is 0 Å². The predicted octanol–water partition coefficient (Wildman–Crippen LogP) is 4.74. The van der Waals surface area contributed by atoms with Crippen molar-refractivity contribution in [2.75, 3.05) is 42.4 Å². The number of carbonyl (C=O) groups excluding carboxylic acids is 1. The monoisotopic (exact) mass is 497 g/mol. The molecule has 3 aromatic rings. The summed E-state index contributed by atoms with van der Waals surface area (Å²) < 4.78 is 27.1. The number of carbonyl (C=O) groups is 1. The van der Waals surface area contributed by atoms with Gasteiger partial charge in [0.15, 0.2) is 0 Å². The molecule has 1 aliphatic rings. The second kappa shape index (κ2) is 9.68. The lowest BCUT2D eigenvalue weighted by atomic mass is 10.1. The Hall–Kier alpha value is -3.03. The summed E-state index contributed by atoms with van der Waals surface area (Å²) >= 11 is 6.17. The normalized spacial score (nSPS) is 14.2. The molecule has 1 saturated heterocycles. The van der Waals surface area contributed by atoms with E-state index in [1.54, 1.807) is 48.5 Å². The van der Waals surface area contributed by atoms with Crippen LogP contribution >= 0.6 is 11.6 Å². The molecule has 1 amide bonds. The zero-order valence-corrected chi connectivity index (χ0v) is 21.1. The van der Waals surface area contributed by atoms with Crippen molar-refractivity contribution in [3.63, 3.8) is 0 Å². The lowest BCUT2D eigenvalue weighted by Gasteiger charge is -2.37. The van der Waals surface area contributed by atoms with E-state index >= 15 is 0 Å². The summed E-state index contributed by atoms with van der Waals surface area (Å²) in [6, 6.07) is 19.3. The zero-order valence-electron chi connectivity index (χ0n) is 19.5. The van der Waals surface area contributed by atoms with Crippen LogP contribution in [0.25, 0.3) is 0 Å². The molecular weight excluding hydrogens is 470 g/mol. The van der Waals surface area contributed by atoms with Crippen LogP contribution in [0.2, 0.25) is 5.02 Å². The maximum atomic E-state index is 13.0. The maximum absolute atomic E-state index is 13.0. The van der Waals surface area contributed by atoms with Gasteiger partial charge in [-0.1, -0.05) is 35.4 Å². The van der Waals surface area contributed by atoms with Gasteiger partial charge in [0, 0.05) is 49.5 Å². The average molecular weight is 498 g/mol. The van der Waals surface area contributed by atoms with Gasteiger partial charge in [0.25, 0.3) is 15.9 Å². The first kappa shape index (κ1) is 24.1. The van der Waals surface area contributed by atoms with Crippen molar-refractivity contribution in [2.45, 2.75) is 18.7 Å². The lowest BCUT2D eigenvalue weighted by Crippen LogP contribution is -2.49. The van der Waals surface area contributed by atoms with Crippen LogP contribution in [0.4, 0.5) is 11.4 Å². The third kappa shape index (κ3) is 4.91. The Morgan fingerprint density at radius 2 is 1.50 bits per heavy atom. The van der Waals surface area contributed by atoms with Crippen LogP contribution in [0.3, 0.4) is 0 Å². The Morgan fingerprint density at radius 1 is 0.882 bits per heavy atom. The first-order valence-electron chi connectivity index (χ1n) is 11.1. The Bertz CT molecular complexity index is 1280. The smallest absolute Gasteiger partial charge is 0.264 e. The summed E-state index contributed by atoms with van der Waals surface area (Å²) in [5, 5.41) is 0.702. The van der Waals surface area contributed by atoms with Gasteiger partial charge in [-0.3, -0.25) is 9.10 Å². The van der Waals surface area contributed by atoms with Gasteiger partial charge in [-0.2, -0.15) is 0 Å². The van der Waals surface area contributed by atoms with Gasteiger partial charge in [-0.05, 0) is 67.9 Å². The minimum Gasteiger partial charge on any atom is -0.368 e. The number of halogens is 1. The van der Waals surface area contributed by atoms with Gasteiger partial charge in [-0.15, -0.1) is 0 Å². The van der Waals surface area contributed by atoms with Crippen LogP contribution in [0.5, 0.6) is 0 Å². The molecule has 8 heteroatoms. The second-order valence-electron chi connectivity index (χ2n) is 8.54. The van der Waals surface area contributed by atoms with Crippen molar-refractivity contribution in [3.05, 3.63) is 88.4 Å². The lowest BCUT2D eigenvalue weighted by molar-refractivity contribution is 0.0747. The highest BCUT2D eigenvalue weighted by molar-refractivity contribution is 7.92. The molecule has 1 heterocycles. The fraction of sp³-hybridized carbons (Fsp3) is 0.269. The summed E-state index contributed by atoms with van der Waals surface area (Å²) in [5.74, 6) is -0.0574. The third-order valence-electron chi connectivity index (χ3n) is 6.24. The van der Waals surface area contributed by atoms with E-state index in [0.717, 1.165) is 29.9 Å². The number of nitrogens with zero attached hydrogens (tertiary/aromatic N) is 3. The van der Waals surface area contributed by atoms with Crippen molar-refractivity contribution < 1.29 is 13.2 Å². The molecule has 1 aliphatic heterocycles. The molecule has 0 N–H and O–H groups in total. The quantitative estimate of drug-likeness (QED) is 0.510. The second-order valence-corrected chi connectivity index (χ2v) is 10.9. The van der Waals surface area contributed by atoms with Crippen LogP contribution in [0.15, 0.2) is 71.6 Å². The molecule has 0 unspecified atom stereocenters. The van der Waals surface area contributed by atoms with Crippen LogP contribution in [-0.2, 0) is 10.0 Å². The van der Waals surface area contributed by atoms with Gasteiger partial charge in [-0.25, -0.2) is 8.42 Å². The van der Waals surface area contributed by atoms with Crippen LogP contribution in [0.1, 0.15) is 21.5 Å². The fourth-order valence-corrected chi connectivity index (χ4v) is 5.44. The van der Waals surface area contributed by atoms with E-state index in [2.05, 4.69) is 11.8 Å². The minimum atomic E-state index is -3.68. The predicted molar refractivity (Wildman–Crippen MR) is 138 cm³/mol. The Labute approximate surface area is 206 Å². The first-order chi connectivity index (χ1) is 16.2. The SMILES string of the molecule is Cc1ccc(S(=O)(=O)N(C)c2ccc(C(=O)N3CCN(c4cc(Cl)ccc4C)CC3)cc2)cc1. The van der Waals surface area contributed by atoms with Gasteiger partial charge in [0.2, 0.25) is 0 Å². The number of hydrogen-bond donors (Lipinski definition) is 0.